The van der Waals surface area contributed by atoms with Gasteiger partial charge in [-0.3, -0.25) is 8.98 Å². The summed E-state index contributed by atoms with van der Waals surface area (Å²) in [5.74, 6) is -0.583. The minimum Gasteiger partial charge on any atom is -0.439 e. The third kappa shape index (κ3) is 6.19. The van der Waals surface area contributed by atoms with Crippen LogP contribution in [0.15, 0.2) is 29.2 Å². The normalized spacial score (nSPS) is 12.9. The van der Waals surface area contributed by atoms with Crippen molar-refractivity contribution < 1.29 is 31.3 Å². The fourth-order valence-electron chi connectivity index (χ4n) is 1.29. The molecule has 0 spiro atoms. The predicted molar refractivity (Wildman–Crippen MR) is 71.8 cm³/mol. The first-order chi connectivity index (χ1) is 9.85. The summed E-state index contributed by atoms with van der Waals surface area (Å²) in [4.78, 5) is 10.5. The highest BCUT2D eigenvalue weighted by Gasteiger charge is 2.19. The average molecular weight is 320 g/mol. The lowest BCUT2D eigenvalue weighted by Gasteiger charge is -2.14. The molecule has 6 nitrogen and oxygen atoms in total. The summed E-state index contributed by atoms with van der Waals surface area (Å²) in [6, 6.07) is 6.05. The van der Waals surface area contributed by atoms with Gasteiger partial charge in [0.05, 0.1) is 11.5 Å². The molecule has 1 aromatic carbocycles. The largest absolute Gasteiger partial charge is 0.439 e. The standard InChI is InChI=1S/C13H17FO6S/c1-10-3-5-13(6-4-10)21(16,17)20-8-12(7-14)19-9-18-11(2)15/h3-6,12H,7-9H2,1-2H3. The first-order valence-electron chi connectivity index (χ1n) is 6.12. The summed E-state index contributed by atoms with van der Waals surface area (Å²) in [5.41, 5.74) is 0.903. The SMILES string of the molecule is CC(=O)OCOC(CF)COS(=O)(=O)c1ccc(C)cc1. The molecular weight excluding hydrogens is 303 g/mol. The molecular formula is C13H17FO6S. The molecule has 0 amide bonds. The van der Waals surface area contributed by atoms with Gasteiger partial charge in [-0.1, -0.05) is 17.7 Å². The van der Waals surface area contributed by atoms with E-state index in [1.807, 2.05) is 6.92 Å². The Balaban J connectivity index is 2.54. The number of rotatable bonds is 8. The molecule has 0 aliphatic rings. The second kappa shape index (κ2) is 8.06. The van der Waals surface area contributed by atoms with Crippen molar-refractivity contribution in [2.24, 2.45) is 0 Å². The number of halogens is 1. The van der Waals surface area contributed by atoms with Gasteiger partial charge in [0, 0.05) is 6.92 Å². The first kappa shape index (κ1) is 17.5. The van der Waals surface area contributed by atoms with Gasteiger partial charge in [-0.2, -0.15) is 8.42 Å². The molecule has 0 bridgehead atoms. The zero-order valence-electron chi connectivity index (χ0n) is 11.7. The fraction of sp³-hybridized carbons (Fsp3) is 0.462. The van der Waals surface area contributed by atoms with Gasteiger partial charge in [0.2, 0.25) is 0 Å². The van der Waals surface area contributed by atoms with Gasteiger partial charge >= 0.3 is 5.97 Å². The Hall–Kier alpha value is -1.51. The van der Waals surface area contributed by atoms with E-state index in [4.69, 9.17) is 8.92 Å². The Kier molecular flexibility index (Phi) is 6.73. The number of carbonyl (C=O) groups excluding carboxylic acids is 1. The highest BCUT2D eigenvalue weighted by molar-refractivity contribution is 7.86. The Morgan fingerprint density at radius 2 is 1.90 bits per heavy atom. The molecule has 8 heteroatoms. The van der Waals surface area contributed by atoms with Crippen molar-refractivity contribution in [1.29, 1.82) is 0 Å². The monoisotopic (exact) mass is 320 g/mol. The number of carbonyl (C=O) groups is 1. The molecule has 0 radical (unpaired) electrons. The van der Waals surface area contributed by atoms with Gasteiger partial charge < -0.3 is 9.47 Å². The molecule has 21 heavy (non-hydrogen) atoms. The molecule has 118 valence electrons. The first-order valence-corrected chi connectivity index (χ1v) is 7.53. The number of hydrogen-bond acceptors (Lipinski definition) is 6. The lowest BCUT2D eigenvalue weighted by atomic mass is 10.2. The van der Waals surface area contributed by atoms with Gasteiger partial charge in [-0.05, 0) is 19.1 Å². The van der Waals surface area contributed by atoms with E-state index in [2.05, 4.69) is 4.74 Å². The molecule has 0 aromatic heterocycles. The Labute approximate surface area is 122 Å². The summed E-state index contributed by atoms with van der Waals surface area (Å²) in [6.45, 7) is 1.06. The molecule has 0 fully saturated rings. The average Bonchev–Trinajstić information content (AvgIpc) is 2.42. The van der Waals surface area contributed by atoms with Crippen LogP contribution >= 0.6 is 0 Å². The molecule has 1 atom stereocenters. The maximum Gasteiger partial charge on any atom is 0.304 e. The van der Waals surface area contributed by atoms with Crippen LogP contribution in [0.1, 0.15) is 12.5 Å². The van der Waals surface area contributed by atoms with Gasteiger partial charge in [-0.25, -0.2) is 4.39 Å². The number of alkyl halides is 1. The van der Waals surface area contributed by atoms with E-state index in [1.54, 1.807) is 12.1 Å². The van der Waals surface area contributed by atoms with Crippen LogP contribution in [0.2, 0.25) is 0 Å². The van der Waals surface area contributed by atoms with E-state index in [0.29, 0.717) is 0 Å². The van der Waals surface area contributed by atoms with Gasteiger partial charge in [-0.15, -0.1) is 0 Å². The van der Waals surface area contributed by atoms with Crippen LogP contribution in [0.5, 0.6) is 0 Å². The molecule has 0 saturated heterocycles. The molecule has 0 aliphatic heterocycles. The summed E-state index contributed by atoms with van der Waals surface area (Å²) < 4.78 is 50.4. The molecule has 0 saturated carbocycles. The van der Waals surface area contributed by atoms with Gasteiger partial charge in [0.25, 0.3) is 10.1 Å². The Morgan fingerprint density at radius 1 is 1.29 bits per heavy atom. The van der Waals surface area contributed by atoms with Crippen molar-refractivity contribution >= 4 is 16.1 Å². The molecule has 1 rings (SSSR count). The van der Waals surface area contributed by atoms with Crippen molar-refractivity contribution in [2.75, 3.05) is 20.1 Å². The van der Waals surface area contributed by atoms with Crippen molar-refractivity contribution in [2.45, 2.75) is 24.8 Å². The van der Waals surface area contributed by atoms with Gasteiger partial charge in [0.15, 0.2) is 6.79 Å². The summed E-state index contributed by atoms with van der Waals surface area (Å²) in [7, 11) is -3.98. The molecule has 0 aliphatic carbocycles. The fourth-order valence-corrected chi connectivity index (χ4v) is 2.23. The van der Waals surface area contributed by atoms with E-state index in [1.165, 1.54) is 19.1 Å². The highest BCUT2D eigenvalue weighted by Crippen LogP contribution is 2.14. The number of ether oxygens (including phenoxy) is 2. The second-order valence-corrected chi connectivity index (χ2v) is 5.86. The van der Waals surface area contributed by atoms with E-state index >= 15 is 0 Å². The summed E-state index contributed by atoms with van der Waals surface area (Å²) >= 11 is 0. The number of aryl methyl sites for hydroxylation is 1. The number of benzene rings is 1. The Morgan fingerprint density at radius 3 is 2.43 bits per heavy atom. The molecule has 1 aromatic rings. The smallest absolute Gasteiger partial charge is 0.304 e. The maximum atomic E-state index is 12.7. The lowest BCUT2D eigenvalue weighted by molar-refractivity contribution is -0.160. The van der Waals surface area contributed by atoms with Crippen molar-refractivity contribution in [3.63, 3.8) is 0 Å². The molecule has 0 heterocycles. The second-order valence-electron chi connectivity index (χ2n) is 4.25. The van der Waals surface area contributed by atoms with Crippen molar-refractivity contribution in [3.8, 4) is 0 Å². The quantitative estimate of drug-likeness (QED) is 0.411. The molecule has 1 unspecified atom stereocenters. The van der Waals surface area contributed by atoms with E-state index < -0.39 is 42.3 Å². The highest BCUT2D eigenvalue weighted by atomic mass is 32.2. The lowest BCUT2D eigenvalue weighted by Crippen LogP contribution is -2.26. The zero-order chi connectivity index (χ0) is 15.9. The predicted octanol–water partition coefficient (Wildman–Crippen LogP) is 1.58. The van der Waals surface area contributed by atoms with Crippen molar-refractivity contribution in [3.05, 3.63) is 29.8 Å². The minimum absolute atomic E-state index is 0.0225. The summed E-state index contributed by atoms with van der Waals surface area (Å²) in [6.07, 6.45) is -1.13. The van der Waals surface area contributed by atoms with Crippen molar-refractivity contribution in [1.82, 2.24) is 0 Å². The third-order valence-electron chi connectivity index (χ3n) is 2.46. The maximum absolute atomic E-state index is 12.7. The van der Waals surface area contributed by atoms with Crippen LogP contribution in [0.4, 0.5) is 4.39 Å². The van der Waals surface area contributed by atoms with Crippen LogP contribution in [0.3, 0.4) is 0 Å². The van der Waals surface area contributed by atoms with Gasteiger partial charge in [0.1, 0.15) is 12.8 Å². The Bertz CT molecular complexity index is 555. The van der Waals surface area contributed by atoms with Crippen LogP contribution in [-0.4, -0.2) is 40.6 Å². The van der Waals surface area contributed by atoms with Crippen LogP contribution in [0, 0.1) is 6.92 Å². The topological polar surface area (TPSA) is 78.9 Å². The van der Waals surface area contributed by atoms with E-state index in [-0.39, 0.29) is 4.90 Å². The number of esters is 1. The van der Waals surface area contributed by atoms with E-state index in [0.717, 1.165) is 5.56 Å². The number of hydrogen-bond donors (Lipinski definition) is 0. The van der Waals surface area contributed by atoms with Crippen LogP contribution < -0.4 is 0 Å². The van der Waals surface area contributed by atoms with E-state index in [9.17, 15) is 17.6 Å². The molecule has 0 N–H and O–H groups in total. The zero-order valence-corrected chi connectivity index (χ0v) is 12.6. The van der Waals surface area contributed by atoms with Crippen LogP contribution in [-0.2, 0) is 28.6 Å². The summed E-state index contributed by atoms with van der Waals surface area (Å²) in [5, 5.41) is 0. The third-order valence-corrected chi connectivity index (χ3v) is 3.75. The minimum atomic E-state index is -3.98. The van der Waals surface area contributed by atoms with Crippen LogP contribution in [0.25, 0.3) is 0 Å².